The first-order valence-electron chi connectivity index (χ1n) is 5.13. The van der Waals surface area contributed by atoms with Gasteiger partial charge in [0.2, 0.25) is 0 Å². The van der Waals surface area contributed by atoms with Gasteiger partial charge in [0, 0.05) is 16.9 Å². The number of halogens is 1. The number of benzene rings is 1. The number of carboxylic acids is 1. The van der Waals surface area contributed by atoms with Crippen LogP contribution in [0.5, 0.6) is 5.75 Å². The second-order valence-corrected chi connectivity index (χ2v) is 8.68. The van der Waals surface area contributed by atoms with Crippen molar-refractivity contribution in [3.05, 3.63) is 23.8 Å². The molecule has 20 heavy (non-hydrogen) atoms. The van der Waals surface area contributed by atoms with E-state index in [1.807, 2.05) is 0 Å². The van der Waals surface area contributed by atoms with Crippen LogP contribution in [0.3, 0.4) is 0 Å². The third-order valence-electron chi connectivity index (χ3n) is 2.17. The molecule has 1 rings (SSSR count). The Morgan fingerprint density at radius 1 is 1.30 bits per heavy atom. The highest BCUT2D eigenvalue weighted by atomic mass is 35.7. The van der Waals surface area contributed by atoms with Gasteiger partial charge < -0.3 is 9.84 Å². The first-order chi connectivity index (χ1) is 9.00. The zero-order valence-electron chi connectivity index (χ0n) is 10.2. The molecule has 112 valence electrons. The number of hydrogen-bond donors (Lipinski definition) is 1. The van der Waals surface area contributed by atoms with Crippen LogP contribution in [0.2, 0.25) is 0 Å². The minimum atomic E-state index is -4.22. The summed E-state index contributed by atoms with van der Waals surface area (Å²) >= 11 is 0. The number of hydrogen-bond acceptors (Lipinski definition) is 6. The molecule has 10 heteroatoms. The van der Waals surface area contributed by atoms with Crippen LogP contribution >= 0.6 is 10.7 Å². The van der Waals surface area contributed by atoms with Crippen molar-refractivity contribution in [1.29, 1.82) is 0 Å². The topological polar surface area (TPSA) is 115 Å². The molecule has 0 aliphatic carbocycles. The van der Waals surface area contributed by atoms with Crippen LogP contribution < -0.4 is 4.74 Å². The van der Waals surface area contributed by atoms with Crippen LogP contribution in [0.1, 0.15) is 10.4 Å². The first kappa shape index (κ1) is 16.7. The SMILES string of the molecule is CS(=O)(=O)CCOc1ccc(C(=O)O)cc1S(=O)(=O)Cl. The summed E-state index contributed by atoms with van der Waals surface area (Å²) in [6, 6.07) is 3.09. The number of carboxylic acid groups (broad SMARTS) is 1. The van der Waals surface area contributed by atoms with Crippen molar-refractivity contribution in [1.82, 2.24) is 0 Å². The summed E-state index contributed by atoms with van der Waals surface area (Å²) in [5.41, 5.74) is -0.278. The number of ether oxygens (including phenoxy) is 1. The van der Waals surface area contributed by atoms with E-state index in [1.54, 1.807) is 0 Å². The molecule has 0 bridgehead atoms. The van der Waals surface area contributed by atoms with Gasteiger partial charge in [-0.1, -0.05) is 0 Å². The van der Waals surface area contributed by atoms with Gasteiger partial charge in [-0.2, -0.15) is 0 Å². The monoisotopic (exact) mass is 342 g/mol. The Hall–Kier alpha value is -1.32. The lowest BCUT2D eigenvalue weighted by Crippen LogP contribution is -2.13. The zero-order valence-corrected chi connectivity index (χ0v) is 12.6. The lowest BCUT2D eigenvalue weighted by Gasteiger charge is -2.09. The van der Waals surface area contributed by atoms with Crippen LogP contribution in [0.15, 0.2) is 23.1 Å². The van der Waals surface area contributed by atoms with E-state index < -0.39 is 29.8 Å². The van der Waals surface area contributed by atoms with Crippen molar-refractivity contribution in [2.24, 2.45) is 0 Å². The van der Waals surface area contributed by atoms with Crippen molar-refractivity contribution >= 4 is 35.5 Å². The predicted octanol–water partition coefficient (Wildman–Crippen LogP) is 0.736. The molecule has 0 aromatic heterocycles. The molecule has 0 aliphatic heterocycles. The fraction of sp³-hybridized carbons (Fsp3) is 0.300. The molecule has 0 saturated heterocycles. The fourth-order valence-electron chi connectivity index (χ4n) is 1.25. The molecule has 0 spiro atoms. The van der Waals surface area contributed by atoms with Gasteiger partial charge >= 0.3 is 5.97 Å². The molecule has 0 radical (unpaired) electrons. The molecule has 1 aromatic carbocycles. The minimum Gasteiger partial charge on any atom is -0.491 e. The highest BCUT2D eigenvalue weighted by Crippen LogP contribution is 2.28. The summed E-state index contributed by atoms with van der Waals surface area (Å²) in [6.07, 6.45) is 1.00. The van der Waals surface area contributed by atoms with E-state index in [-0.39, 0.29) is 23.7 Å². The maximum atomic E-state index is 11.4. The maximum absolute atomic E-state index is 11.4. The van der Waals surface area contributed by atoms with E-state index in [0.29, 0.717) is 0 Å². The van der Waals surface area contributed by atoms with Crippen LogP contribution in [0.25, 0.3) is 0 Å². The van der Waals surface area contributed by atoms with Crippen molar-refractivity contribution in [3.63, 3.8) is 0 Å². The van der Waals surface area contributed by atoms with E-state index in [0.717, 1.165) is 24.5 Å². The molecule has 0 unspecified atom stereocenters. The molecule has 7 nitrogen and oxygen atoms in total. The van der Waals surface area contributed by atoms with Crippen LogP contribution in [-0.4, -0.2) is 46.5 Å². The third-order valence-corrected chi connectivity index (χ3v) is 4.42. The van der Waals surface area contributed by atoms with Gasteiger partial charge in [-0.15, -0.1) is 0 Å². The largest absolute Gasteiger partial charge is 0.491 e. The average molecular weight is 343 g/mol. The quantitative estimate of drug-likeness (QED) is 0.758. The second-order valence-electron chi connectivity index (χ2n) is 3.88. The van der Waals surface area contributed by atoms with Crippen molar-refractivity contribution in [2.45, 2.75) is 4.90 Å². The smallest absolute Gasteiger partial charge is 0.335 e. The van der Waals surface area contributed by atoms with Crippen molar-refractivity contribution in [3.8, 4) is 5.75 Å². The van der Waals surface area contributed by atoms with Gasteiger partial charge in [0.1, 0.15) is 17.3 Å². The fourth-order valence-corrected chi connectivity index (χ4v) is 2.64. The number of carbonyl (C=O) groups is 1. The molecule has 1 aromatic rings. The Bertz CT molecular complexity index is 722. The van der Waals surface area contributed by atoms with Gasteiger partial charge in [-0.3, -0.25) is 0 Å². The maximum Gasteiger partial charge on any atom is 0.335 e. The summed E-state index contributed by atoms with van der Waals surface area (Å²) in [5, 5.41) is 8.79. The van der Waals surface area contributed by atoms with Gasteiger partial charge in [0.25, 0.3) is 9.05 Å². The van der Waals surface area contributed by atoms with Gasteiger partial charge in [-0.05, 0) is 18.2 Å². The van der Waals surface area contributed by atoms with Crippen molar-refractivity contribution in [2.75, 3.05) is 18.6 Å². The number of aromatic carboxylic acids is 1. The van der Waals surface area contributed by atoms with Crippen LogP contribution in [0, 0.1) is 0 Å². The van der Waals surface area contributed by atoms with Gasteiger partial charge in [0.15, 0.2) is 9.84 Å². The lowest BCUT2D eigenvalue weighted by molar-refractivity contribution is 0.0696. The zero-order chi connectivity index (χ0) is 15.6. The highest BCUT2D eigenvalue weighted by molar-refractivity contribution is 8.13. The van der Waals surface area contributed by atoms with E-state index in [9.17, 15) is 21.6 Å². The highest BCUT2D eigenvalue weighted by Gasteiger charge is 2.20. The summed E-state index contributed by atoms with van der Waals surface area (Å²) in [7, 11) is -2.30. The summed E-state index contributed by atoms with van der Waals surface area (Å²) < 4.78 is 49.7. The van der Waals surface area contributed by atoms with Gasteiger partial charge in [0.05, 0.1) is 11.3 Å². The Morgan fingerprint density at radius 3 is 2.35 bits per heavy atom. The van der Waals surface area contributed by atoms with Crippen LogP contribution in [-0.2, 0) is 18.9 Å². The van der Waals surface area contributed by atoms with Crippen molar-refractivity contribution < 1.29 is 31.5 Å². The molecule has 0 heterocycles. The summed E-state index contributed by atoms with van der Waals surface area (Å²) in [5.74, 6) is -1.84. The Kier molecular flexibility index (Phi) is 5.00. The molecule has 0 atom stereocenters. The molecular weight excluding hydrogens is 332 g/mol. The second kappa shape index (κ2) is 5.98. The standard InChI is InChI=1S/C10H11ClO7S2/c1-19(14,15)5-4-18-8-3-2-7(10(12)13)6-9(8)20(11,16)17/h2-3,6H,4-5H2,1H3,(H,12,13). The Morgan fingerprint density at radius 2 is 1.90 bits per heavy atom. The summed E-state index contributed by atoms with van der Waals surface area (Å²) in [6.45, 7) is -0.273. The normalized spacial score (nSPS) is 12.1. The minimum absolute atomic E-state index is 0.200. The van der Waals surface area contributed by atoms with E-state index >= 15 is 0 Å². The summed E-state index contributed by atoms with van der Waals surface area (Å²) in [4.78, 5) is 10.3. The third kappa shape index (κ3) is 4.99. The lowest BCUT2D eigenvalue weighted by atomic mass is 10.2. The van der Waals surface area contributed by atoms with Crippen LogP contribution in [0.4, 0.5) is 0 Å². The van der Waals surface area contributed by atoms with Gasteiger partial charge in [-0.25, -0.2) is 21.6 Å². The molecule has 0 fully saturated rings. The first-order valence-corrected chi connectivity index (χ1v) is 9.50. The van der Waals surface area contributed by atoms with E-state index in [1.165, 1.54) is 0 Å². The molecule has 0 amide bonds. The average Bonchev–Trinajstić information content (AvgIpc) is 2.25. The predicted molar refractivity (Wildman–Crippen MR) is 71.6 cm³/mol. The molecule has 0 aliphatic rings. The number of rotatable bonds is 6. The Labute approximate surface area is 120 Å². The number of sulfone groups is 1. The molecule has 1 N–H and O–H groups in total. The van der Waals surface area contributed by atoms with E-state index in [2.05, 4.69) is 0 Å². The Balaban J connectivity index is 3.10. The van der Waals surface area contributed by atoms with E-state index in [4.69, 9.17) is 20.5 Å². The molecular formula is C10H11ClO7S2. The molecule has 0 saturated carbocycles.